The molecule has 0 radical (unpaired) electrons. The molecular formula is C24H30Hf. The van der Waals surface area contributed by atoms with Crippen molar-refractivity contribution >= 4 is 6.08 Å². The Bertz CT molecular complexity index is 810. The Kier molecular flexibility index (Phi) is 4.72. The normalized spacial score (nSPS) is 26.6. The van der Waals surface area contributed by atoms with Crippen LogP contribution in [0.25, 0.3) is 6.08 Å². The second-order valence-electron chi connectivity index (χ2n) is 8.54. The number of aryl methyl sites for hydroxylation is 1. The number of allylic oxidation sites excluding steroid dienone is 5. The van der Waals surface area contributed by atoms with Crippen LogP contribution in [0.1, 0.15) is 76.6 Å². The molecule has 4 rings (SSSR count). The summed E-state index contributed by atoms with van der Waals surface area (Å²) in [5.74, 6) is 0. The molecule has 0 bridgehead atoms. The number of fused-ring (bicyclic) bond motifs is 3. The molecule has 0 saturated carbocycles. The molecule has 0 aromatic heterocycles. The number of hydrogen-bond donors (Lipinski definition) is 0. The second kappa shape index (κ2) is 6.19. The standard InChI is InChI=1S/C24H30.Hf/c1-15-16(2)18(4)24(6,17(15)3)23(5)14-13-20-12-11-19-9-7-8-10-21(19)22(20)23;/h11-14H,7-10H2,1-6H3;. The van der Waals surface area contributed by atoms with Gasteiger partial charge in [-0.2, -0.15) is 0 Å². The summed E-state index contributed by atoms with van der Waals surface area (Å²) in [7, 11) is 0. The molecule has 0 fully saturated rings. The Morgan fingerprint density at radius 3 is 2.08 bits per heavy atom. The van der Waals surface area contributed by atoms with E-state index in [0.717, 1.165) is 0 Å². The Morgan fingerprint density at radius 1 is 0.840 bits per heavy atom. The third-order valence-electron chi connectivity index (χ3n) is 7.91. The first-order valence-corrected chi connectivity index (χ1v) is 9.53. The van der Waals surface area contributed by atoms with Crippen molar-refractivity contribution in [2.75, 3.05) is 0 Å². The van der Waals surface area contributed by atoms with E-state index in [2.05, 4.69) is 65.8 Å². The van der Waals surface area contributed by atoms with Gasteiger partial charge in [0, 0.05) is 36.7 Å². The molecule has 0 saturated heterocycles. The summed E-state index contributed by atoms with van der Waals surface area (Å²) in [6.45, 7) is 14.3. The topological polar surface area (TPSA) is 0 Å². The van der Waals surface area contributed by atoms with Gasteiger partial charge >= 0.3 is 0 Å². The predicted molar refractivity (Wildman–Crippen MR) is 104 cm³/mol. The van der Waals surface area contributed by atoms with Gasteiger partial charge in [-0.05, 0) is 86.8 Å². The predicted octanol–water partition coefficient (Wildman–Crippen LogP) is 6.54. The summed E-state index contributed by atoms with van der Waals surface area (Å²) in [5.41, 5.74) is 12.6. The maximum absolute atomic E-state index is 2.51. The molecule has 0 nitrogen and oxygen atoms in total. The van der Waals surface area contributed by atoms with Crippen LogP contribution in [0.2, 0.25) is 0 Å². The van der Waals surface area contributed by atoms with Gasteiger partial charge in [-0.3, -0.25) is 0 Å². The fourth-order valence-electron chi connectivity index (χ4n) is 5.73. The van der Waals surface area contributed by atoms with Crippen LogP contribution in [0.15, 0.2) is 40.5 Å². The van der Waals surface area contributed by atoms with E-state index in [1.54, 1.807) is 27.8 Å². The Morgan fingerprint density at radius 2 is 1.44 bits per heavy atom. The van der Waals surface area contributed by atoms with Gasteiger partial charge in [0.1, 0.15) is 0 Å². The summed E-state index contributed by atoms with van der Waals surface area (Å²) in [4.78, 5) is 0. The Hall–Kier alpha value is -0.690. The van der Waals surface area contributed by atoms with E-state index in [1.165, 1.54) is 42.4 Å². The van der Waals surface area contributed by atoms with Gasteiger partial charge in [-0.25, -0.2) is 0 Å². The van der Waals surface area contributed by atoms with Gasteiger partial charge in [0.25, 0.3) is 0 Å². The molecule has 3 aliphatic carbocycles. The smallest absolute Gasteiger partial charge is 0.0244 e. The van der Waals surface area contributed by atoms with Crippen molar-refractivity contribution in [3.63, 3.8) is 0 Å². The summed E-state index contributed by atoms with van der Waals surface area (Å²) >= 11 is 0. The maximum atomic E-state index is 2.51. The zero-order valence-electron chi connectivity index (χ0n) is 16.6. The van der Waals surface area contributed by atoms with Crippen LogP contribution in [0.5, 0.6) is 0 Å². The average Bonchev–Trinajstić information content (AvgIpc) is 3.03. The van der Waals surface area contributed by atoms with E-state index in [4.69, 9.17) is 0 Å². The second-order valence-corrected chi connectivity index (χ2v) is 8.54. The van der Waals surface area contributed by atoms with Crippen molar-refractivity contribution in [2.45, 2.75) is 72.6 Å². The SMILES string of the molecule is CC1=C(C)C(C)(C2(C)C=Cc3ccc4c(c32)CCCC4)C(C)=C1C.[Hf]. The molecule has 0 N–H and O–H groups in total. The Labute approximate surface area is 172 Å². The zero-order chi connectivity index (χ0) is 17.3. The first-order chi connectivity index (χ1) is 11.3. The molecule has 0 heterocycles. The fourth-order valence-corrected chi connectivity index (χ4v) is 5.73. The molecule has 130 valence electrons. The Balaban J connectivity index is 0.00000182. The minimum atomic E-state index is 0. The van der Waals surface area contributed by atoms with E-state index in [9.17, 15) is 0 Å². The van der Waals surface area contributed by atoms with Gasteiger partial charge in [-0.15, -0.1) is 0 Å². The summed E-state index contributed by atoms with van der Waals surface area (Å²) in [5, 5.41) is 0. The molecule has 25 heavy (non-hydrogen) atoms. The van der Waals surface area contributed by atoms with E-state index < -0.39 is 0 Å². The zero-order valence-corrected chi connectivity index (χ0v) is 20.2. The van der Waals surface area contributed by atoms with Crippen molar-refractivity contribution in [3.8, 4) is 0 Å². The minimum Gasteiger partial charge on any atom is -0.0724 e. The molecule has 0 amide bonds. The van der Waals surface area contributed by atoms with Gasteiger partial charge in [0.05, 0.1) is 0 Å². The minimum absolute atomic E-state index is 0. The van der Waals surface area contributed by atoms with Crippen LogP contribution in [0, 0.1) is 5.41 Å². The molecule has 0 aliphatic heterocycles. The maximum Gasteiger partial charge on any atom is 0.0244 e. The van der Waals surface area contributed by atoms with Crippen LogP contribution < -0.4 is 0 Å². The van der Waals surface area contributed by atoms with E-state index >= 15 is 0 Å². The van der Waals surface area contributed by atoms with Crippen LogP contribution in [0.4, 0.5) is 0 Å². The first kappa shape index (κ1) is 19.1. The third-order valence-corrected chi connectivity index (χ3v) is 7.91. The number of rotatable bonds is 1. The monoisotopic (exact) mass is 498 g/mol. The van der Waals surface area contributed by atoms with Crippen molar-refractivity contribution in [2.24, 2.45) is 5.41 Å². The molecule has 1 aromatic rings. The van der Waals surface area contributed by atoms with Crippen LogP contribution >= 0.6 is 0 Å². The van der Waals surface area contributed by atoms with Gasteiger partial charge in [0.2, 0.25) is 0 Å². The fraction of sp³-hybridized carbons (Fsp3) is 0.500. The van der Waals surface area contributed by atoms with Crippen molar-refractivity contribution in [3.05, 3.63) is 62.8 Å². The molecule has 1 heteroatoms. The molecule has 0 spiro atoms. The van der Waals surface area contributed by atoms with Crippen LogP contribution in [-0.2, 0) is 44.1 Å². The molecule has 1 unspecified atom stereocenters. The van der Waals surface area contributed by atoms with Crippen LogP contribution in [0.3, 0.4) is 0 Å². The first-order valence-electron chi connectivity index (χ1n) is 9.53. The van der Waals surface area contributed by atoms with Crippen LogP contribution in [-0.4, -0.2) is 0 Å². The van der Waals surface area contributed by atoms with Crippen molar-refractivity contribution in [1.29, 1.82) is 0 Å². The van der Waals surface area contributed by atoms with Gasteiger partial charge < -0.3 is 0 Å². The van der Waals surface area contributed by atoms with E-state index in [1.807, 2.05) is 0 Å². The molecule has 1 atom stereocenters. The largest absolute Gasteiger partial charge is 0.0724 e. The van der Waals surface area contributed by atoms with Gasteiger partial charge in [-0.1, -0.05) is 49.3 Å². The molecule has 3 aliphatic rings. The molecular weight excluding hydrogens is 467 g/mol. The number of hydrogen-bond acceptors (Lipinski definition) is 0. The van der Waals surface area contributed by atoms with Gasteiger partial charge in [0.15, 0.2) is 0 Å². The third kappa shape index (κ3) is 2.27. The van der Waals surface area contributed by atoms with Crippen molar-refractivity contribution in [1.82, 2.24) is 0 Å². The summed E-state index contributed by atoms with van der Waals surface area (Å²) in [6, 6.07) is 4.76. The van der Waals surface area contributed by atoms with E-state index in [-0.39, 0.29) is 36.7 Å². The summed E-state index contributed by atoms with van der Waals surface area (Å²) < 4.78 is 0. The number of benzene rings is 1. The average molecular weight is 497 g/mol. The summed E-state index contributed by atoms with van der Waals surface area (Å²) in [6.07, 6.45) is 10.1. The molecule has 1 aromatic carbocycles. The van der Waals surface area contributed by atoms with E-state index in [0.29, 0.717) is 0 Å². The van der Waals surface area contributed by atoms with Crippen molar-refractivity contribution < 1.29 is 25.8 Å². The quantitative estimate of drug-likeness (QED) is 0.387.